The number of oxime groups is 1. The summed E-state index contributed by atoms with van der Waals surface area (Å²) in [5.74, 6) is 1.33. The van der Waals surface area contributed by atoms with Crippen LogP contribution in [0.1, 0.15) is 15.9 Å². The van der Waals surface area contributed by atoms with Crippen molar-refractivity contribution in [1.82, 2.24) is 9.97 Å². The highest BCUT2D eigenvalue weighted by atomic mass is 32.2. The molecular formula is C21H19N3O4S. The molecule has 0 fully saturated rings. The van der Waals surface area contributed by atoms with Crippen molar-refractivity contribution in [2.24, 2.45) is 5.16 Å². The van der Waals surface area contributed by atoms with Gasteiger partial charge in [0.25, 0.3) is 5.88 Å². The minimum Gasteiger partial charge on any atom is -0.497 e. The Hall–Kier alpha value is -3.39. The van der Waals surface area contributed by atoms with Gasteiger partial charge in [0.2, 0.25) is 5.78 Å². The molecule has 148 valence electrons. The third-order valence-corrected chi connectivity index (χ3v) is 4.35. The molecule has 0 N–H and O–H groups in total. The Morgan fingerprint density at radius 1 is 1.14 bits per heavy atom. The molecule has 1 aromatic heterocycles. The number of nitrogens with zero attached hydrogens (tertiary/aromatic N) is 3. The first kappa shape index (κ1) is 20.3. The Bertz CT molecular complexity index is 993. The summed E-state index contributed by atoms with van der Waals surface area (Å²) in [6, 6.07) is 16.0. The standard InChI is InChI=1S/C21H19N3O4S/c1-26-17-8-6-15(7-9-17)14-27-18-5-3-4-16(12-18)19(25)13-23-28-20-10-11-22-21(24-20)29-2/h3-13H,14H2,1-2H3/b23-13+. The normalized spacial score (nSPS) is 10.7. The van der Waals surface area contributed by atoms with Gasteiger partial charge in [-0.3, -0.25) is 4.79 Å². The molecule has 0 amide bonds. The van der Waals surface area contributed by atoms with Crippen LogP contribution in [-0.4, -0.2) is 35.3 Å². The van der Waals surface area contributed by atoms with Gasteiger partial charge < -0.3 is 14.3 Å². The lowest BCUT2D eigenvalue weighted by atomic mass is 10.1. The zero-order valence-corrected chi connectivity index (χ0v) is 16.8. The molecular weight excluding hydrogens is 390 g/mol. The predicted octanol–water partition coefficient (Wildman–Crippen LogP) is 4.03. The molecule has 0 unspecified atom stereocenters. The van der Waals surface area contributed by atoms with Crippen molar-refractivity contribution in [3.05, 3.63) is 71.9 Å². The maximum atomic E-state index is 12.3. The number of Topliss-reactive ketones (excluding diaryl/α,β-unsaturated/α-hetero) is 1. The number of rotatable bonds is 9. The summed E-state index contributed by atoms with van der Waals surface area (Å²) in [7, 11) is 1.62. The van der Waals surface area contributed by atoms with Gasteiger partial charge in [-0.1, -0.05) is 41.2 Å². The van der Waals surface area contributed by atoms with Crippen LogP contribution in [-0.2, 0) is 6.61 Å². The van der Waals surface area contributed by atoms with Crippen molar-refractivity contribution >= 4 is 23.8 Å². The number of thioether (sulfide) groups is 1. The fraction of sp³-hybridized carbons (Fsp3) is 0.143. The molecule has 3 rings (SSSR count). The van der Waals surface area contributed by atoms with Crippen molar-refractivity contribution in [3.63, 3.8) is 0 Å². The number of hydrogen-bond donors (Lipinski definition) is 0. The molecule has 1 heterocycles. The number of ketones is 1. The zero-order chi connectivity index (χ0) is 20.5. The van der Waals surface area contributed by atoms with Gasteiger partial charge in [-0.05, 0) is 36.1 Å². The van der Waals surface area contributed by atoms with Gasteiger partial charge in [-0.25, -0.2) is 4.98 Å². The molecule has 0 radical (unpaired) electrons. The number of ether oxygens (including phenoxy) is 2. The Morgan fingerprint density at radius 2 is 1.97 bits per heavy atom. The predicted molar refractivity (Wildman–Crippen MR) is 111 cm³/mol. The summed E-state index contributed by atoms with van der Waals surface area (Å²) in [4.78, 5) is 25.6. The molecule has 0 spiro atoms. The molecule has 7 nitrogen and oxygen atoms in total. The monoisotopic (exact) mass is 409 g/mol. The quantitative estimate of drug-likeness (QED) is 0.173. The average Bonchev–Trinajstić information content (AvgIpc) is 2.78. The van der Waals surface area contributed by atoms with Gasteiger partial charge in [-0.15, -0.1) is 0 Å². The lowest BCUT2D eigenvalue weighted by molar-refractivity contribution is 0.106. The van der Waals surface area contributed by atoms with E-state index < -0.39 is 0 Å². The van der Waals surface area contributed by atoms with E-state index in [1.54, 1.807) is 43.6 Å². The van der Waals surface area contributed by atoms with Crippen LogP contribution in [0.2, 0.25) is 0 Å². The van der Waals surface area contributed by atoms with Crippen molar-refractivity contribution < 1.29 is 19.1 Å². The number of carbonyl (C=O) groups excluding carboxylic acids is 1. The fourth-order valence-corrected chi connectivity index (χ4v) is 2.65. The van der Waals surface area contributed by atoms with Gasteiger partial charge in [0, 0.05) is 17.8 Å². The van der Waals surface area contributed by atoms with Crippen LogP contribution < -0.4 is 14.3 Å². The number of carbonyl (C=O) groups is 1. The van der Waals surface area contributed by atoms with E-state index >= 15 is 0 Å². The highest BCUT2D eigenvalue weighted by Gasteiger charge is 2.06. The minimum absolute atomic E-state index is 0.268. The SMILES string of the molecule is COc1ccc(COc2cccc(C(=O)/C=N/Oc3ccnc(SC)n3)c2)cc1. The van der Waals surface area contributed by atoms with Crippen molar-refractivity contribution in [3.8, 4) is 17.4 Å². The van der Waals surface area contributed by atoms with Gasteiger partial charge in [0.15, 0.2) is 5.16 Å². The Kier molecular flexibility index (Phi) is 7.18. The molecule has 0 aliphatic carbocycles. The van der Waals surface area contributed by atoms with Crippen molar-refractivity contribution in [2.75, 3.05) is 13.4 Å². The van der Waals surface area contributed by atoms with Gasteiger partial charge >= 0.3 is 0 Å². The second kappa shape index (κ2) is 10.2. The Morgan fingerprint density at radius 3 is 2.72 bits per heavy atom. The first-order chi connectivity index (χ1) is 14.2. The second-order valence-corrected chi connectivity index (χ2v) is 6.51. The maximum absolute atomic E-state index is 12.3. The van der Waals surface area contributed by atoms with E-state index in [1.165, 1.54) is 11.8 Å². The van der Waals surface area contributed by atoms with E-state index in [2.05, 4.69) is 15.1 Å². The molecule has 29 heavy (non-hydrogen) atoms. The third-order valence-electron chi connectivity index (χ3n) is 3.79. The van der Waals surface area contributed by atoms with E-state index in [1.807, 2.05) is 30.5 Å². The molecule has 0 atom stereocenters. The number of benzene rings is 2. The maximum Gasteiger partial charge on any atom is 0.252 e. The van der Waals surface area contributed by atoms with Crippen LogP contribution in [0, 0.1) is 0 Å². The first-order valence-electron chi connectivity index (χ1n) is 8.65. The number of hydrogen-bond acceptors (Lipinski definition) is 8. The van der Waals surface area contributed by atoms with Gasteiger partial charge in [0.05, 0.1) is 7.11 Å². The topological polar surface area (TPSA) is 82.9 Å². The van der Waals surface area contributed by atoms with Crippen LogP contribution in [0.25, 0.3) is 0 Å². The van der Waals surface area contributed by atoms with Crippen LogP contribution in [0.5, 0.6) is 17.4 Å². The van der Waals surface area contributed by atoms with E-state index in [9.17, 15) is 4.79 Å². The smallest absolute Gasteiger partial charge is 0.252 e. The van der Waals surface area contributed by atoms with Crippen LogP contribution in [0.3, 0.4) is 0 Å². The Balaban J connectivity index is 1.58. The van der Waals surface area contributed by atoms with E-state index in [4.69, 9.17) is 14.3 Å². The molecule has 0 saturated carbocycles. The summed E-state index contributed by atoms with van der Waals surface area (Å²) in [5, 5.41) is 4.27. The van der Waals surface area contributed by atoms with Crippen LogP contribution in [0.15, 0.2) is 71.1 Å². The summed E-state index contributed by atoms with van der Waals surface area (Å²) in [6.45, 7) is 0.379. The van der Waals surface area contributed by atoms with E-state index in [-0.39, 0.29) is 11.7 Å². The number of aromatic nitrogens is 2. The van der Waals surface area contributed by atoms with Gasteiger partial charge in [0.1, 0.15) is 24.3 Å². The summed E-state index contributed by atoms with van der Waals surface area (Å²) < 4.78 is 10.9. The molecule has 0 saturated heterocycles. The molecule has 2 aromatic carbocycles. The zero-order valence-electron chi connectivity index (χ0n) is 15.9. The highest BCUT2D eigenvalue weighted by molar-refractivity contribution is 7.98. The lowest BCUT2D eigenvalue weighted by Crippen LogP contribution is -2.03. The lowest BCUT2D eigenvalue weighted by Gasteiger charge is -2.08. The number of methoxy groups -OCH3 is 1. The van der Waals surface area contributed by atoms with E-state index in [0.29, 0.717) is 23.1 Å². The van der Waals surface area contributed by atoms with Crippen molar-refractivity contribution in [1.29, 1.82) is 0 Å². The third kappa shape index (κ3) is 6.05. The largest absolute Gasteiger partial charge is 0.497 e. The molecule has 3 aromatic rings. The minimum atomic E-state index is -0.306. The fourth-order valence-electron chi connectivity index (χ4n) is 2.30. The molecule has 0 aliphatic rings. The molecule has 0 aliphatic heterocycles. The summed E-state index contributed by atoms with van der Waals surface area (Å²) >= 11 is 1.38. The Labute approximate surface area is 172 Å². The second-order valence-electron chi connectivity index (χ2n) is 5.74. The van der Waals surface area contributed by atoms with Crippen LogP contribution >= 0.6 is 11.8 Å². The molecule has 0 bridgehead atoms. The van der Waals surface area contributed by atoms with Crippen LogP contribution in [0.4, 0.5) is 0 Å². The van der Waals surface area contributed by atoms with Gasteiger partial charge in [-0.2, -0.15) is 4.98 Å². The first-order valence-corrected chi connectivity index (χ1v) is 9.88. The van der Waals surface area contributed by atoms with E-state index in [0.717, 1.165) is 17.5 Å². The summed E-state index contributed by atoms with van der Waals surface area (Å²) in [6.07, 6.45) is 4.52. The molecule has 8 heteroatoms. The average molecular weight is 409 g/mol. The highest BCUT2D eigenvalue weighted by Crippen LogP contribution is 2.17. The summed E-state index contributed by atoms with van der Waals surface area (Å²) in [5.41, 5.74) is 1.43. The van der Waals surface area contributed by atoms with Crippen molar-refractivity contribution in [2.45, 2.75) is 11.8 Å².